The number of carbonyl (C=O) groups is 1. The van der Waals surface area contributed by atoms with Crippen molar-refractivity contribution in [2.45, 2.75) is 39.2 Å². The number of benzene rings is 1. The first-order valence-corrected chi connectivity index (χ1v) is 10.7. The van der Waals surface area contributed by atoms with E-state index in [1.54, 1.807) is 0 Å². The van der Waals surface area contributed by atoms with E-state index in [1.165, 1.54) is 6.39 Å². The van der Waals surface area contributed by atoms with E-state index >= 15 is 0 Å². The monoisotopic (exact) mass is 421 g/mol. The Bertz CT molecular complexity index is 1100. The molecule has 0 N–H and O–H groups in total. The highest BCUT2D eigenvalue weighted by Gasteiger charge is 2.47. The third kappa shape index (κ3) is 3.65. The van der Waals surface area contributed by atoms with Gasteiger partial charge < -0.3 is 13.8 Å². The number of rotatable bonds is 3. The maximum atomic E-state index is 13.3. The molecule has 2 saturated heterocycles. The molecule has 2 fully saturated rings. The predicted octanol–water partition coefficient (Wildman–Crippen LogP) is 3.64. The Balaban J connectivity index is 1.29. The molecular formula is C23H27N5O3. The molecule has 0 bridgehead atoms. The lowest BCUT2D eigenvalue weighted by molar-refractivity contribution is 0.0588. The van der Waals surface area contributed by atoms with Crippen LogP contribution in [-0.4, -0.2) is 57.5 Å². The first kappa shape index (κ1) is 19.9. The molecule has 5 rings (SSSR count). The number of likely N-dealkylation sites (tertiary alicyclic amines) is 2. The van der Waals surface area contributed by atoms with Gasteiger partial charge in [0.25, 0.3) is 5.91 Å². The molecule has 0 radical (unpaired) electrons. The van der Waals surface area contributed by atoms with Crippen LogP contribution in [0.2, 0.25) is 0 Å². The molecule has 162 valence electrons. The van der Waals surface area contributed by atoms with Crippen molar-refractivity contribution < 1.29 is 13.7 Å². The minimum absolute atomic E-state index is 0.0597. The number of piperidine rings is 1. The topological polar surface area (TPSA) is 88.5 Å². The number of carbonyl (C=O) groups excluding carboxylic acids is 1. The summed E-state index contributed by atoms with van der Waals surface area (Å²) in [7, 11) is 2.11. The minimum Gasteiger partial charge on any atom is -0.443 e. The SMILES string of the molecule is Cc1cccc(-c2ocnc2C(=O)N2CCC3(CC2)CC(c2nc(C)no2)N(C)C3)c1. The number of aryl methyl sites for hydroxylation is 2. The van der Waals surface area contributed by atoms with Gasteiger partial charge in [-0.05, 0) is 51.6 Å². The highest BCUT2D eigenvalue weighted by Crippen LogP contribution is 2.48. The third-order valence-electron chi connectivity index (χ3n) is 6.73. The summed E-state index contributed by atoms with van der Waals surface area (Å²) in [6.45, 7) is 6.26. The maximum absolute atomic E-state index is 13.3. The molecule has 2 aliphatic heterocycles. The average molecular weight is 422 g/mol. The number of hydrogen-bond donors (Lipinski definition) is 0. The number of aromatic nitrogens is 3. The summed E-state index contributed by atoms with van der Waals surface area (Å²) in [6.07, 6.45) is 4.24. The molecule has 1 unspecified atom stereocenters. The fourth-order valence-corrected chi connectivity index (χ4v) is 5.08. The van der Waals surface area contributed by atoms with E-state index in [-0.39, 0.29) is 17.4 Å². The second kappa shape index (κ2) is 7.60. The number of oxazole rings is 1. The Morgan fingerprint density at radius 3 is 2.74 bits per heavy atom. The number of amides is 1. The average Bonchev–Trinajstić information content (AvgIpc) is 3.47. The van der Waals surface area contributed by atoms with Gasteiger partial charge in [0.1, 0.15) is 0 Å². The summed E-state index contributed by atoms with van der Waals surface area (Å²) in [4.78, 5) is 26.2. The van der Waals surface area contributed by atoms with Crippen molar-refractivity contribution >= 4 is 5.91 Å². The summed E-state index contributed by atoms with van der Waals surface area (Å²) < 4.78 is 11.0. The van der Waals surface area contributed by atoms with E-state index < -0.39 is 0 Å². The lowest BCUT2D eigenvalue weighted by Gasteiger charge is -2.39. The largest absolute Gasteiger partial charge is 0.443 e. The van der Waals surface area contributed by atoms with Gasteiger partial charge in [-0.15, -0.1) is 0 Å². The van der Waals surface area contributed by atoms with Crippen LogP contribution in [0.5, 0.6) is 0 Å². The number of nitrogens with zero attached hydrogens (tertiary/aromatic N) is 5. The van der Waals surface area contributed by atoms with Gasteiger partial charge in [0, 0.05) is 25.2 Å². The lowest BCUT2D eigenvalue weighted by atomic mass is 9.76. The second-order valence-corrected chi connectivity index (χ2v) is 9.01. The Hall–Kier alpha value is -3.00. The first-order chi connectivity index (χ1) is 14.9. The van der Waals surface area contributed by atoms with Crippen molar-refractivity contribution in [1.29, 1.82) is 0 Å². The van der Waals surface area contributed by atoms with E-state index in [4.69, 9.17) is 8.94 Å². The fraction of sp³-hybridized carbons (Fsp3) is 0.478. The Kier molecular flexibility index (Phi) is 4.89. The van der Waals surface area contributed by atoms with Crippen LogP contribution in [0.25, 0.3) is 11.3 Å². The standard InChI is InChI=1S/C23H27N5O3/c1-15-5-4-6-17(11-15)20-19(24-14-30-20)22(29)28-9-7-23(8-10-28)12-18(27(3)13-23)21-25-16(2)26-31-21/h4-6,11,14,18H,7-10,12-13H2,1-3H3. The molecule has 3 aromatic rings. The smallest absolute Gasteiger partial charge is 0.276 e. The van der Waals surface area contributed by atoms with Crippen LogP contribution in [0.15, 0.2) is 39.6 Å². The Labute approximate surface area is 181 Å². The molecule has 1 amide bonds. The van der Waals surface area contributed by atoms with Gasteiger partial charge in [0.05, 0.1) is 6.04 Å². The highest BCUT2D eigenvalue weighted by atomic mass is 16.5. The zero-order valence-electron chi connectivity index (χ0n) is 18.2. The first-order valence-electron chi connectivity index (χ1n) is 10.7. The molecule has 4 heterocycles. The van der Waals surface area contributed by atoms with Gasteiger partial charge in [-0.3, -0.25) is 9.69 Å². The van der Waals surface area contributed by atoms with Crippen LogP contribution in [0.3, 0.4) is 0 Å². The lowest BCUT2D eigenvalue weighted by Crippen LogP contribution is -2.44. The van der Waals surface area contributed by atoms with E-state index in [0.717, 1.165) is 36.9 Å². The van der Waals surface area contributed by atoms with Crippen LogP contribution in [0.1, 0.15) is 53.1 Å². The molecule has 0 aliphatic carbocycles. The normalized spacial score (nSPS) is 21.1. The van der Waals surface area contributed by atoms with Gasteiger partial charge in [-0.1, -0.05) is 28.9 Å². The van der Waals surface area contributed by atoms with Crippen molar-refractivity contribution in [2.24, 2.45) is 5.41 Å². The number of hydrogen-bond acceptors (Lipinski definition) is 7. The quantitative estimate of drug-likeness (QED) is 0.638. The van der Waals surface area contributed by atoms with E-state index in [0.29, 0.717) is 36.3 Å². The van der Waals surface area contributed by atoms with Crippen LogP contribution >= 0.6 is 0 Å². The summed E-state index contributed by atoms with van der Waals surface area (Å²) >= 11 is 0. The zero-order chi connectivity index (χ0) is 21.6. The fourth-order valence-electron chi connectivity index (χ4n) is 5.08. The van der Waals surface area contributed by atoms with Crippen LogP contribution in [0.4, 0.5) is 0 Å². The maximum Gasteiger partial charge on any atom is 0.276 e. The molecule has 0 saturated carbocycles. The third-order valence-corrected chi connectivity index (χ3v) is 6.73. The van der Waals surface area contributed by atoms with E-state index in [1.807, 2.05) is 43.0 Å². The Morgan fingerprint density at radius 2 is 2.03 bits per heavy atom. The molecule has 1 spiro atoms. The van der Waals surface area contributed by atoms with Crippen LogP contribution < -0.4 is 0 Å². The highest BCUT2D eigenvalue weighted by molar-refractivity contribution is 5.97. The molecule has 1 aromatic carbocycles. The van der Waals surface area contributed by atoms with Crippen molar-refractivity contribution in [3.63, 3.8) is 0 Å². The van der Waals surface area contributed by atoms with E-state index in [2.05, 4.69) is 27.1 Å². The zero-order valence-corrected chi connectivity index (χ0v) is 18.2. The van der Waals surface area contributed by atoms with E-state index in [9.17, 15) is 4.79 Å². The summed E-state index contributed by atoms with van der Waals surface area (Å²) in [5, 5.41) is 3.95. The van der Waals surface area contributed by atoms with Gasteiger partial charge in [0.15, 0.2) is 23.7 Å². The van der Waals surface area contributed by atoms with Gasteiger partial charge in [-0.25, -0.2) is 4.98 Å². The predicted molar refractivity (Wildman–Crippen MR) is 113 cm³/mol. The molecule has 8 nitrogen and oxygen atoms in total. The molecule has 31 heavy (non-hydrogen) atoms. The van der Waals surface area contributed by atoms with Gasteiger partial charge in [0.2, 0.25) is 5.89 Å². The molecule has 1 atom stereocenters. The van der Waals surface area contributed by atoms with Crippen molar-refractivity contribution in [3.8, 4) is 11.3 Å². The van der Waals surface area contributed by atoms with Crippen molar-refractivity contribution in [1.82, 2.24) is 24.9 Å². The van der Waals surface area contributed by atoms with Crippen LogP contribution in [0, 0.1) is 19.3 Å². The van der Waals surface area contributed by atoms with Gasteiger partial charge in [-0.2, -0.15) is 4.98 Å². The second-order valence-electron chi connectivity index (χ2n) is 9.01. The summed E-state index contributed by atoms with van der Waals surface area (Å²) in [6, 6.07) is 8.09. The molecular weight excluding hydrogens is 394 g/mol. The van der Waals surface area contributed by atoms with Crippen molar-refractivity contribution in [3.05, 3.63) is 53.6 Å². The minimum atomic E-state index is -0.0597. The van der Waals surface area contributed by atoms with Crippen LogP contribution in [-0.2, 0) is 0 Å². The summed E-state index contributed by atoms with van der Waals surface area (Å²) in [5.41, 5.74) is 2.55. The summed E-state index contributed by atoms with van der Waals surface area (Å²) in [5.74, 6) is 1.85. The molecule has 8 heteroatoms. The Morgan fingerprint density at radius 1 is 1.23 bits per heavy atom. The van der Waals surface area contributed by atoms with Gasteiger partial charge >= 0.3 is 0 Å². The molecule has 2 aliphatic rings. The molecule has 2 aromatic heterocycles. The van der Waals surface area contributed by atoms with Crippen molar-refractivity contribution in [2.75, 3.05) is 26.7 Å².